The summed E-state index contributed by atoms with van der Waals surface area (Å²) in [4.78, 5) is 22.1. The van der Waals surface area contributed by atoms with E-state index in [0.29, 0.717) is 11.1 Å². The second kappa shape index (κ2) is 9.63. The quantitative estimate of drug-likeness (QED) is 0.249. The highest BCUT2D eigenvalue weighted by Gasteiger charge is 2.15. The maximum atomic E-state index is 12.2. The lowest BCUT2D eigenvalue weighted by Gasteiger charge is -2.07. The number of nitrogens with zero attached hydrogens (tertiary/aromatic N) is 2. The van der Waals surface area contributed by atoms with Gasteiger partial charge < -0.3 is 4.18 Å². The van der Waals surface area contributed by atoms with Gasteiger partial charge in [0.15, 0.2) is 0 Å². The molecule has 31 heavy (non-hydrogen) atoms. The fourth-order valence-corrected chi connectivity index (χ4v) is 3.46. The van der Waals surface area contributed by atoms with Crippen molar-refractivity contribution < 1.29 is 22.3 Å². The Bertz CT molecular complexity index is 1190. The molecule has 1 N–H and O–H groups in total. The van der Waals surface area contributed by atoms with Crippen LogP contribution in [-0.2, 0) is 21.3 Å². The number of rotatable bonds is 8. The number of hydrogen-bond donors (Lipinski definition) is 1. The Labute approximate surface area is 178 Å². The fourth-order valence-electron chi connectivity index (χ4n) is 2.51. The van der Waals surface area contributed by atoms with Crippen molar-refractivity contribution in [1.82, 2.24) is 5.43 Å². The first-order valence-corrected chi connectivity index (χ1v) is 10.4. The van der Waals surface area contributed by atoms with E-state index in [1.54, 1.807) is 30.3 Å². The highest BCUT2D eigenvalue weighted by Crippen LogP contribution is 2.18. The molecule has 0 saturated carbocycles. The van der Waals surface area contributed by atoms with Crippen LogP contribution in [0, 0.1) is 10.1 Å². The van der Waals surface area contributed by atoms with Crippen molar-refractivity contribution >= 4 is 27.9 Å². The molecule has 9 nitrogen and oxygen atoms in total. The third-order valence-corrected chi connectivity index (χ3v) is 5.29. The van der Waals surface area contributed by atoms with E-state index in [9.17, 15) is 23.3 Å². The van der Waals surface area contributed by atoms with Crippen molar-refractivity contribution in [3.05, 3.63) is 100 Å². The van der Waals surface area contributed by atoms with Crippen LogP contribution in [0.5, 0.6) is 5.75 Å². The van der Waals surface area contributed by atoms with E-state index in [-0.39, 0.29) is 28.7 Å². The Morgan fingerprint density at radius 2 is 1.65 bits per heavy atom. The van der Waals surface area contributed by atoms with Gasteiger partial charge in [-0.1, -0.05) is 30.3 Å². The first kappa shape index (κ1) is 21.7. The third-order valence-electron chi connectivity index (χ3n) is 4.03. The van der Waals surface area contributed by atoms with E-state index >= 15 is 0 Å². The number of nitro benzene ring substituents is 1. The Morgan fingerprint density at radius 3 is 2.26 bits per heavy atom. The molecule has 0 atom stereocenters. The lowest BCUT2D eigenvalue weighted by atomic mass is 10.1. The molecule has 0 radical (unpaired) electrons. The van der Waals surface area contributed by atoms with E-state index in [1.165, 1.54) is 54.7 Å². The molecule has 158 valence electrons. The van der Waals surface area contributed by atoms with Gasteiger partial charge in [-0.05, 0) is 47.5 Å². The van der Waals surface area contributed by atoms with Gasteiger partial charge in [-0.15, -0.1) is 0 Å². The van der Waals surface area contributed by atoms with Gasteiger partial charge in [0.25, 0.3) is 5.69 Å². The number of amides is 1. The predicted octanol–water partition coefficient (Wildman–Crippen LogP) is 3.06. The van der Waals surface area contributed by atoms with Crippen molar-refractivity contribution in [2.45, 2.75) is 11.3 Å². The number of nitro groups is 1. The van der Waals surface area contributed by atoms with E-state index < -0.39 is 15.0 Å². The summed E-state index contributed by atoms with van der Waals surface area (Å²) in [5, 5.41) is 14.5. The molecule has 0 spiro atoms. The zero-order valence-corrected chi connectivity index (χ0v) is 16.9. The Balaban J connectivity index is 1.53. The molecule has 0 unspecified atom stereocenters. The molecule has 1 amide bonds. The Morgan fingerprint density at radius 1 is 1.00 bits per heavy atom. The van der Waals surface area contributed by atoms with E-state index in [1.807, 2.05) is 0 Å². The number of nitrogens with one attached hydrogen (secondary N) is 1. The van der Waals surface area contributed by atoms with Crippen LogP contribution >= 0.6 is 0 Å². The highest BCUT2D eigenvalue weighted by atomic mass is 32.2. The lowest BCUT2D eigenvalue weighted by Crippen LogP contribution is -2.19. The number of carbonyl (C=O) groups excluding carboxylic acids is 1. The SMILES string of the molecule is O=C(Cc1ccc([N+](=O)[O-])cc1)NN=Cc1ccc(OS(=O)(=O)c2ccccc2)cc1. The summed E-state index contributed by atoms with van der Waals surface area (Å²) >= 11 is 0. The molecule has 3 aromatic carbocycles. The summed E-state index contributed by atoms with van der Waals surface area (Å²) in [6.45, 7) is 0. The average Bonchev–Trinajstić information content (AvgIpc) is 2.76. The monoisotopic (exact) mass is 439 g/mol. The second-order valence-corrected chi connectivity index (χ2v) is 7.86. The molecule has 0 aliphatic carbocycles. The minimum atomic E-state index is -3.92. The molecular weight excluding hydrogens is 422 g/mol. The van der Waals surface area contributed by atoms with E-state index in [2.05, 4.69) is 10.5 Å². The molecule has 3 rings (SSSR count). The number of non-ortho nitro benzene ring substituents is 1. The molecule has 3 aromatic rings. The van der Waals surface area contributed by atoms with E-state index in [4.69, 9.17) is 4.18 Å². The van der Waals surface area contributed by atoms with Crippen LogP contribution in [0.15, 0.2) is 88.9 Å². The molecule has 0 aliphatic rings. The summed E-state index contributed by atoms with van der Waals surface area (Å²) in [6, 6.07) is 19.6. The first-order chi connectivity index (χ1) is 14.8. The molecule has 0 aromatic heterocycles. The first-order valence-electron chi connectivity index (χ1n) is 8.98. The third kappa shape index (κ3) is 6.21. The average molecular weight is 439 g/mol. The molecule has 0 bridgehead atoms. The molecule has 0 heterocycles. The summed E-state index contributed by atoms with van der Waals surface area (Å²) in [5.74, 6) is -0.248. The number of carbonyl (C=O) groups is 1. The zero-order valence-electron chi connectivity index (χ0n) is 16.0. The maximum absolute atomic E-state index is 12.2. The van der Waals surface area contributed by atoms with Crippen molar-refractivity contribution in [2.24, 2.45) is 5.10 Å². The smallest absolute Gasteiger partial charge is 0.339 e. The standard InChI is InChI=1S/C21H17N3O6S/c25-21(14-16-6-10-18(11-7-16)24(26)27)23-22-15-17-8-12-19(13-9-17)30-31(28,29)20-4-2-1-3-5-20/h1-13,15H,14H2,(H,23,25). The van der Waals surface area contributed by atoms with Gasteiger partial charge >= 0.3 is 10.1 Å². The second-order valence-electron chi connectivity index (χ2n) is 6.31. The van der Waals surface area contributed by atoms with Gasteiger partial charge in [-0.2, -0.15) is 13.5 Å². The highest BCUT2D eigenvalue weighted by molar-refractivity contribution is 7.87. The summed E-state index contributed by atoms with van der Waals surface area (Å²) in [6.07, 6.45) is 1.41. The minimum Gasteiger partial charge on any atom is -0.379 e. The van der Waals surface area contributed by atoms with Crippen LogP contribution in [0.3, 0.4) is 0 Å². The van der Waals surface area contributed by atoms with Crippen molar-refractivity contribution in [3.63, 3.8) is 0 Å². The molecule has 0 fully saturated rings. The molecular formula is C21H17N3O6S. The van der Waals surface area contributed by atoms with Gasteiger partial charge in [0, 0.05) is 12.1 Å². The van der Waals surface area contributed by atoms with Gasteiger partial charge in [-0.25, -0.2) is 5.43 Å². The van der Waals surface area contributed by atoms with Gasteiger partial charge in [0.05, 0.1) is 17.6 Å². The minimum absolute atomic E-state index is 0.0134. The number of hydrogen-bond acceptors (Lipinski definition) is 7. The summed E-state index contributed by atoms with van der Waals surface area (Å²) in [5.41, 5.74) is 3.53. The topological polar surface area (TPSA) is 128 Å². The summed E-state index contributed by atoms with van der Waals surface area (Å²) < 4.78 is 29.5. The predicted molar refractivity (Wildman–Crippen MR) is 113 cm³/mol. The van der Waals surface area contributed by atoms with Crippen molar-refractivity contribution in [3.8, 4) is 5.75 Å². The van der Waals surface area contributed by atoms with Gasteiger partial charge in [0.1, 0.15) is 10.6 Å². The van der Waals surface area contributed by atoms with Gasteiger partial charge in [-0.3, -0.25) is 14.9 Å². The normalized spacial score (nSPS) is 11.2. The molecule has 0 aliphatic heterocycles. The Hall–Kier alpha value is -4.05. The lowest BCUT2D eigenvalue weighted by molar-refractivity contribution is -0.384. The van der Waals surface area contributed by atoms with Crippen LogP contribution in [0.2, 0.25) is 0 Å². The zero-order chi connectivity index (χ0) is 22.3. The summed E-state index contributed by atoms with van der Waals surface area (Å²) in [7, 11) is -3.92. The Kier molecular flexibility index (Phi) is 6.73. The van der Waals surface area contributed by atoms with Crippen LogP contribution < -0.4 is 9.61 Å². The largest absolute Gasteiger partial charge is 0.379 e. The van der Waals surface area contributed by atoms with Crippen LogP contribution in [0.4, 0.5) is 5.69 Å². The van der Waals surface area contributed by atoms with Gasteiger partial charge in [0.2, 0.25) is 5.91 Å². The van der Waals surface area contributed by atoms with Crippen molar-refractivity contribution in [2.75, 3.05) is 0 Å². The van der Waals surface area contributed by atoms with E-state index in [0.717, 1.165) is 0 Å². The molecule has 0 saturated heterocycles. The molecule has 10 heteroatoms. The van der Waals surface area contributed by atoms with Crippen LogP contribution in [-0.4, -0.2) is 25.5 Å². The maximum Gasteiger partial charge on any atom is 0.339 e. The number of hydrazone groups is 1. The van der Waals surface area contributed by atoms with Crippen LogP contribution in [0.1, 0.15) is 11.1 Å². The van der Waals surface area contributed by atoms with Crippen molar-refractivity contribution in [1.29, 1.82) is 0 Å². The van der Waals surface area contributed by atoms with Crippen LogP contribution in [0.25, 0.3) is 0 Å². The number of benzene rings is 3. The fraction of sp³-hybridized carbons (Fsp3) is 0.0476.